The number of likely N-dealkylation sites (N-methyl/N-ethyl adjacent to an activating group) is 3. The van der Waals surface area contributed by atoms with Gasteiger partial charge in [0, 0.05) is 97.2 Å². The Morgan fingerprint density at radius 2 is 0.700 bits per heavy atom. The number of nitrogens with one attached hydrogen (secondary N) is 3. The van der Waals surface area contributed by atoms with Gasteiger partial charge in [-0.3, -0.25) is 34.5 Å². The van der Waals surface area contributed by atoms with Crippen LogP contribution in [0.25, 0.3) is 10.6 Å². The van der Waals surface area contributed by atoms with Gasteiger partial charge in [-0.25, -0.2) is 0 Å². The SMILES string of the molecule is CC.CC.CC.CC.CC.C[N-]C(=O)c1c(C)c(NC(=O)CO)c(C)c(C(=O)N(C)CC(O)CO)c1C.Cc1c([C-]=O)c(C)c(C(=O)N(C)CC(O)CO)c(C)c1NC(=O)CO.[CH2-][N-]c1c([C-]=O)c(C)c(C(=O)N(C)CC(O)CO)c(C)c1NC(=O)CO.[V].[W]. The van der Waals surface area contributed by atoms with Crippen molar-refractivity contribution in [3.05, 3.63) is 95.6 Å². The van der Waals surface area contributed by atoms with Crippen molar-refractivity contribution >= 4 is 76.7 Å². The Morgan fingerprint density at radius 1 is 0.444 bits per heavy atom. The van der Waals surface area contributed by atoms with Crippen LogP contribution in [0.4, 0.5) is 22.7 Å². The predicted octanol–water partition coefficient (Wildman–Crippen LogP) is 4.58. The van der Waals surface area contributed by atoms with Crippen molar-refractivity contribution in [2.24, 2.45) is 0 Å². The monoisotopic (exact) mass is 1480 g/mol. The number of carbonyl (C=O) groups excluding carboxylic acids is 9. The summed E-state index contributed by atoms with van der Waals surface area (Å²) in [5, 5.41) is 97.2. The van der Waals surface area contributed by atoms with Crippen LogP contribution >= 0.6 is 0 Å². The molecule has 28 heteroatoms. The quantitative estimate of drug-likeness (QED) is 0.0613. The van der Waals surface area contributed by atoms with Crippen LogP contribution in [0.1, 0.15) is 166 Å². The van der Waals surface area contributed by atoms with E-state index in [2.05, 4.69) is 33.6 Å². The van der Waals surface area contributed by atoms with Crippen molar-refractivity contribution in [1.29, 1.82) is 0 Å². The van der Waals surface area contributed by atoms with E-state index < -0.39 is 99.3 Å². The first-order chi connectivity index (χ1) is 41.5. The molecule has 90 heavy (non-hydrogen) atoms. The minimum atomic E-state index is -1.12. The van der Waals surface area contributed by atoms with Crippen molar-refractivity contribution in [3.8, 4) is 0 Å². The molecule has 0 fully saturated rings. The van der Waals surface area contributed by atoms with Crippen molar-refractivity contribution in [1.82, 2.24) is 14.7 Å². The van der Waals surface area contributed by atoms with Gasteiger partial charge in [0.2, 0.25) is 29.5 Å². The molecule has 513 valence electrons. The molecule has 0 aliphatic heterocycles. The number of anilines is 3. The third-order valence-corrected chi connectivity index (χ3v) is 12.2. The minimum Gasteiger partial charge on any atom is -0.904 e. The van der Waals surface area contributed by atoms with Gasteiger partial charge in [-0.05, 0) is 84.9 Å². The fourth-order valence-electron chi connectivity index (χ4n) is 8.29. The third kappa shape index (κ3) is 28.3. The van der Waals surface area contributed by atoms with Crippen LogP contribution < -0.4 is 16.0 Å². The maximum absolute atomic E-state index is 12.9. The number of hydrogen-bond acceptors (Lipinski definition) is 18. The Balaban J connectivity index is -0.000000212. The first-order valence-corrected chi connectivity index (χ1v) is 28.7. The standard InChI is InChI=1S/C18H27N3O6.C17H22N3O6.C17H23N2O6.5C2H6.V.W/c1-9-14(17(26)19-4)10(2)16(20-13(25)8-23)11(3)15(9)18(27)21(5)6-12(24)7-22;1-9-12(7-22)16(18-3)15(19-13(25)8-23)10(2)14(9)17(26)20(4)5-11(24)6-21;1-9-13(7-21)10(2)16(18-14(24)8-22)11(3)15(9)17(25)19(4)5-12(23)6-20;5*1-2;;/h12,22-24H,6-8H2,1-5H3,(H2,19,20,25,26);11,21,23-24H,3,5-6,8H2,1-2,4H3,(H-,18,19,22,25,26);12,20,22-23H,5-6,8H2,1-4H3,(H,18,24);5*1-2H3;;/q;-3;-1;;;;;;;/p-1. The van der Waals surface area contributed by atoms with Crippen molar-refractivity contribution in [3.63, 3.8) is 0 Å². The summed E-state index contributed by atoms with van der Waals surface area (Å²) in [6, 6.07) is 0. The summed E-state index contributed by atoms with van der Waals surface area (Å²) >= 11 is 0. The molecule has 12 N–H and O–H groups in total. The van der Waals surface area contributed by atoms with Gasteiger partial charge >= 0.3 is 0 Å². The number of aliphatic hydroxyl groups is 9. The topological polar surface area (TPSA) is 410 Å². The summed E-state index contributed by atoms with van der Waals surface area (Å²) < 4.78 is 0. The average molecular weight is 1480 g/mol. The second-order valence-electron chi connectivity index (χ2n) is 17.8. The van der Waals surface area contributed by atoms with Gasteiger partial charge in [0.1, 0.15) is 19.8 Å². The van der Waals surface area contributed by atoms with Crippen LogP contribution in [-0.2, 0) is 63.6 Å². The van der Waals surface area contributed by atoms with E-state index in [-0.39, 0.29) is 121 Å². The largest absolute Gasteiger partial charge is 0.904 e. The molecule has 0 aliphatic carbocycles. The zero-order chi connectivity index (χ0) is 70.2. The first-order valence-electron chi connectivity index (χ1n) is 28.7. The van der Waals surface area contributed by atoms with E-state index in [4.69, 9.17) is 30.6 Å². The molecular formula is C62H101N8O18VW-5. The Morgan fingerprint density at radius 3 is 0.967 bits per heavy atom. The van der Waals surface area contributed by atoms with E-state index in [0.29, 0.717) is 38.9 Å². The molecule has 0 saturated carbocycles. The smallest absolute Gasteiger partial charge is 0.254 e. The number of hydrogen-bond donors (Lipinski definition) is 12. The molecule has 0 bridgehead atoms. The summed E-state index contributed by atoms with van der Waals surface area (Å²) in [5.41, 5.74) is 4.61. The molecule has 0 spiro atoms. The second kappa shape index (κ2) is 52.6. The Hall–Kier alpha value is -6.00. The summed E-state index contributed by atoms with van der Waals surface area (Å²) in [6.45, 7) is 28.6. The van der Waals surface area contributed by atoms with Crippen LogP contribution in [-0.4, -0.2) is 220 Å². The zero-order valence-corrected chi connectivity index (χ0v) is 60.9. The summed E-state index contributed by atoms with van der Waals surface area (Å²) in [5.74, 6) is -4.13. The third-order valence-electron chi connectivity index (χ3n) is 12.2. The van der Waals surface area contributed by atoms with Crippen LogP contribution in [0.2, 0.25) is 0 Å². The molecule has 26 nitrogen and oxygen atoms in total. The molecule has 3 aromatic rings. The van der Waals surface area contributed by atoms with Gasteiger partial charge in [-0.2, -0.15) is 5.56 Å². The number of benzene rings is 3. The maximum atomic E-state index is 12.9. The number of rotatable bonds is 22. The van der Waals surface area contributed by atoms with E-state index in [1.54, 1.807) is 61.0 Å². The van der Waals surface area contributed by atoms with Crippen molar-refractivity contribution in [2.75, 3.05) is 103 Å². The van der Waals surface area contributed by atoms with Gasteiger partial charge in [0.05, 0.1) is 56.6 Å². The predicted molar refractivity (Wildman–Crippen MR) is 343 cm³/mol. The van der Waals surface area contributed by atoms with E-state index >= 15 is 0 Å². The Kier molecular flexibility index (Phi) is 57.1. The average Bonchev–Trinajstić information content (AvgIpc) is 0.881. The summed E-state index contributed by atoms with van der Waals surface area (Å²) in [7, 11) is 9.05. The molecule has 0 aliphatic rings. The molecule has 3 atom stereocenters. The van der Waals surface area contributed by atoms with Crippen LogP contribution in [0.3, 0.4) is 0 Å². The Labute approximate surface area is 559 Å². The van der Waals surface area contributed by atoms with Crippen LogP contribution in [0.15, 0.2) is 0 Å². The molecule has 1 radical (unpaired) electrons. The van der Waals surface area contributed by atoms with E-state index in [0.717, 1.165) is 0 Å². The van der Waals surface area contributed by atoms with Gasteiger partial charge in [-0.1, -0.05) is 90.0 Å². The van der Waals surface area contributed by atoms with Crippen LogP contribution in [0, 0.1) is 62.4 Å². The molecule has 3 unspecified atom stereocenters. The molecule has 0 heterocycles. The fraction of sp³-hybridized carbons (Fsp3) is 0.548. The summed E-state index contributed by atoms with van der Waals surface area (Å²) in [6.07, 6.45) is 0.168. The summed E-state index contributed by atoms with van der Waals surface area (Å²) in [4.78, 5) is 112. The first kappa shape index (κ1) is 97.6. The molecule has 3 aromatic carbocycles. The molecule has 7 amide bonds. The van der Waals surface area contributed by atoms with Crippen molar-refractivity contribution < 1.29 is 129 Å². The van der Waals surface area contributed by atoms with E-state index in [9.17, 15) is 58.5 Å². The van der Waals surface area contributed by atoms with Gasteiger partial charge in [-0.15, -0.1) is 29.3 Å². The number of nitrogens with zero attached hydrogens (tertiary/aromatic N) is 5. The minimum absolute atomic E-state index is 0. The van der Waals surface area contributed by atoms with Crippen LogP contribution in [0.5, 0.6) is 0 Å². The van der Waals surface area contributed by atoms with E-state index in [1.165, 1.54) is 49.8 Å². The zero-order valence-electron chi connectivity index (χ0n) is 56.6. The van der Waals surface area contributed by atoms with Gasteiger partial charge < -0.3 is 109 Å². The Bertz CT molecular complexity index is 2730. The van der Waals surface area contributed by atoms with E-state index in [1.807, 2.05) is 69.2 Å². The van der Waals surface area contributed by atoms with Gasteiger partial charge in [0.15, 0.2) is 0 Å². The fourth-order valence-corrected chi connectivity index (χ4v) is 8.29. The number of carbonyl (C=O) groups is 7. The second-order valence-corrected chi connectivity index (χ2v) is 17.8. The van der Waals surface area contributed by atoms with Crippen molar-refractivity contribution in [2.45, 2.75) is 143 Å². The van der Waals surface area contributed by atoms with Gasteiger partial charge in [0.25, 0.3) is 5.91 Å². The molecule has 0 aromatic heterocycles. The normalized spacial score (nSPS) is 10.5. The number of amides is 7. The number of aliphatic hydroxyl groups excluding tert-OH is 9. The molecular weight excluding hydrogens is 1380 g/mol. The maximum Gasteiger partial charge on any atom is 0.254 e. The molecule has 3 rings (SSSR count). The molecule has 0 saturated heterocycles.